The predicted molar refractivity (Wildman–Crippen MR) is 97.9 cm³/mol. The first-order valence-corrected chi connectivity index (χ1v) is 9.10. The van der Waals surface area contributed by atoms with E-state index in [1.165, 1.54) is 12.1 Å². The second-order valence-electron chi connectivity index (χ2n) is 6.81. The molecule has 4 rings (SSSR count). The average molecular weight is 389 g/mol. The van der Waals surface area contributed by atoms with Crippen molar-refractivity contribution in [3.8, 4) is 0 Å². The van der Waals surface area contributed by atoms with Crippen LogP contribution in [-0.4, -0.2) is 42.5 Å². The molecule has 0 aromatic heterocycles. The van der Waals surface area contributed by atoms with Crippen LogP contribution in [0.2, 0.25) is 5.02 Å². The van der Waals surface area contributed by atoms with Crippen molar-refractivity contribution in [2.45, 2.75) is 18.1 Å². The number of hydrogen-bond donors (Lipinski definition) is 1. The smallest absolute Gasteiger partial charge is 0.255 e. The highest BCUT2D eigenvalue weighted by molar-refractivity contribution is 6.33. The van der Waals surface area contributed by atoms with E-state index in [0.717, 1.165) is 11.6 Å². The number of nitrogens with zero attached hydrogens (tertiary/aromatic N) is 1. The molecule has 5 nitrogen and oxygen atoms in total. The summed E-state index contributed by atoms with van der Waals surface area (Å²) < 4.78 is 19.4. The minimum absolute atomic E-state index is 0.0536. The van der Waals surface area contributed by atoms with Crippen LogP contribution in [-0.2, 0) is 15.1 Å². The Hall–Kier alpha value is -2.44. The summed E-state index contributed by atoms with van der Waals surface area (Å²) in [5, 5.41) is 3.29. The van der Waals surface area contributed by atoms with Crippen LogP contribution in [0.3, 0.4) is 0 Å². The number of nitrogens with one attached hydrogen (secondary N) is 1. The van der Waals surface area contributed by atoms with E-state index in [2.05, 4.69) is 5.32 Å². The summed E-state index contributed by atoms with van der Waals surface area (Å²) in [6.45, 7) is 0.615. The third kappa shape index (κ3) is 3.19. The van der Waals surface area contributed by atoms with Gasteiger partial charge in [0.1, 0.15) is 18.5 Å². The number of ether oxygens (including phenoxy) is 1. The van der Waals surface area contributed by atoms with Gasteiger partial charge in [-0.15, -0.1) is 0 Å². The fourth-order valence-electron chi connectivity index (χ4n) is 3.87. The lowest BCUT2D eigenvalue weighted by Gasteiger charge is -2.50. The van der Waals surface area contributed by atoms with E-state index in [1.54, 1.807) is 4.90 Å². The average Bonchev–Trinajstić information content (AvgIpc) is 2.69. The van der Waals surface area contributed by atoms with Crippen LogP contribution >= 0.6 is 11.6 Å². The molecule has 0 spiro atoms. The number of benzene rings is 2. The SMILES string of the molecule is O=C1CO[C@@H]2CN(C(=O)c3cc(F)ccc3Cl)CC[C@@]2(c2ccccc2)N1. The zero-order valence-corrected chi connectivity index (χ0v) is 15.2. The van der Waals surface area contributed by atoms with Gasteiger partial charge in [0.2, 0.25) is 5.91 Å². The van der Waals surface area contributed by atoms with Crippen LogP contribution in [0.1, 0.15) is 22.3 Å². The Morgan fingerprint density at radius 1 is 1.26 bits per heavy atom. The number of piperidine rings is 1. The van der Waals surface area contributed by atoms with Crippen molar-refractivity contribution < 1.29 is 18.7 Å². The first kappa shape index (κ1) is 17.9. The molecule has 2 heterocycles. The highest BCUT2D eigenvalue weighted by Crippen LogP contribution is 2.37. The molecular weight excluding hydrogens is 371 g/mol. The lowest BCUT2D eigenvalue weighted by molar-refractivity contribution is -0.150. The quantitative estimate of drug-likeness (QED) is 0.860. The zero-order valence-electron chi connectivity index (χ0n) is 14.5. The molecule has 2 aromatic carbocycles. The van der Waals surface area contributed by atoms with Gasteiger partial charge < -0.3 is 15.0 Å². The van der Waals surface area contributed by atoms with Gasteiger partial charge in [-0.2, -0.15) is 0 Å². The molecule has 140 valence electrons. The number of halogens is 2. The van der Waals surface area contributed by atoms with Crippen LogP contribution < -0.4 is 5.32 Å². The van der Waals surface area contributed by atoms with Crippen LogP contribution in [0, 0.1) is 5.82 Å². The molecule has 2 aliphatic rings. The number of hydrogen-bond acceptors (Lipinski definition) is 3. The molecule has 2 aliphatic heterocycles. The van der Waals surface area contributed by atoms with E-state index >= 15 is 0 Å². The molecule has 2 atom stereocenters. The fourth-order valence-corrected chi connectivity index (χ4v) is 4.07. The van der Waals surface area contributed by atoms with E-state index < -0.39 is 17.5 Å². The van der Waals surface area contributed by atoms with Crippen molar-refractivity contribution >= 4 is 23.4 Å². The second-order valence-corrected chi connectivity index (χ2v) is 7.22. The lowest BCUT2D eigenvalue weighted by Crippen LogP contribution is -2.67. The van der Waals surface area contributed by atoms with E-state index in [0.29, 0.717) is 13.0 Å². The Bertz CT molecular complexity index is 892. The molecule has 7 heteroatoms. The molecule has 0 bridgehead atoms. The number of rotatable bonds is 2. The van der Waals surface area contributed by atoms with E-state index in [4.69, 9.17) is 16.3 Å². The van der Waals surface area contributed by atoms with E-state index in [9.17, 15) is 14.0 Å². The maximum absolute atomic E-state index is 13.6. The molecule has 2 amide bonds. The van der Waals surface area contributed by atoms with Gasteiger partial charge in [0.15, 0.2) is 0 Å². The van der Waals surface area contributed by atoms with Gasteiger partial charge in [-0.05, 0) is 30.2 Å². The number of carbonyl (C=O) groups is 2. The summed E-state index contributed by atoms with van der Waals surface area (Å²) in [6, 6.07) is 13.4. The number of amides is 2. The molecule has 0 unspecified atom stereocenters. The Balaban J connectivity index is 1.63. The van der Waals surface area contributed by atoms with Crippen LogP contribution in [0.25, 0.3) is 0 Å². The Morgan fingerprint density at radius 3 is 2.81 bits per heavy atom. The summed E-state index contributed by atoms with van der Waals surface area (Å²) in [5.74, 6) is -1.04. The fraction of sp³-hybridized carbons (Fsp3) is 0.300. The summed E-state index contributed by atoms with van der Waals surface area (Å²) in [5.41, 5.74) is 0.390. The lowest BCUT2D eigenvalue weighted by atomic mass is 9.77. The Kier molecular flexibility index (Phi) is 4.61. The largest absolute Gasteiger partial charge is 0.364 e. The molecule has 0 saturated carbocycles. The van der Waals surface area contributed by atoms with Crippen molar-refractivity contribution in [1.82, 2.24) is 10.2 Å². The molecule has 0 aliphatic carbocycles. The van der Waals surface area contributed by atoms with Crippen molar-refractivity contribution in [2.24, 2.45) is 0 Å². The summed E-state index contributed by atoms with van der Waals surface area (Å²) in [6.07, 6.45) is 0.0918. The summed E-state index contributed by atoms with van der Waals surface area (Å²) >= 11 is 6.09. The Morgan fingerprint density at radius 2 is 2.04 bits per heavy atom. The zero-order chi connectivity index (χ0) is 19.0. The van der Waals surface area contributed by atoms with Gasteiger partial charge in [-0.25, -0.2) is 4.39 Å². The van der Waals surface area contributed by atoms with Crippen molar-refractivity contribution in [2.75, 3.05) is 19.7 Å². The van der Waals surface area contributed by atoms with Crippen molar-refractivity contribution in [3.05, 3.63) is 70.5 Å². The third-order valence-corrected chi connectivity index (χ3v) is 5.55. The summed E-state index contributed by atoms with van der Waals surface area (Å²) in [7, 11) is 0. The van der Waals surface area contributed by atoms with Crippen molar-refractivity contribution in [1.29, 1.82) is 0 Å². The van der Waals surface area contributed by atoms with Gasteiger partial charge in [0.25, 0.3) is 5.91 Å². The number of likely N-dealkylation sites (tertiary alicyclic amines) is 1. The molecule has 27 heavy (non-hydrogen) atoms. The third-order valence-electron chi connectivity index (χ3n) is 5.22. The number of carbonyl (C=O) groups excluding carboxylic acids is 2. The molecule has 0 radical (unpaired) electrons. The van der Waals surface area contributed by atoms with Crippen LogP contribution in [0.15, 0.2) is 48.5 Å². The first-order valence-electron chi connectivity index (χ1n) is 8.72. The molecule has 1 N–H and O–H groups in total. The predicted octanol–water partition coefficient (Wildman–Crippen LogP) is 2.74. The maximum Gasteiger partial charge on any atom is 0.255 e. The van der Waals surface area contributed by atoms with E-state index in [-0.39, 0.29) is 35.6 Å². The van der Waals surface area contributed by atoms with E-state index in [1.807, 2.05) is 30.3 Å². The minimum Gasteiger partial charge on any atom is -0.364 e. The number of fused-ring (bicyclic) bond motifs is 1. The second kappa shape index (κ2) is 6.94. The van der Waals surface area contributed by atoms with Gasteiger partial charge in [0, 0.05) is 13.1 Å². The van der Waals surface area contributed by atoms with Crippen LogP contribution in [0.4, 0.5) is 4.39 Å². The molecule has 2 saturated heterocycles. The first-order chi connectivity index (χ1) is 13.0. The number of morpholine rings is 1. The van der Waals surface area contributed by atoms with Gasteiger partial charge in [0.05, 0.1) is 16.1 Å². The van der Waals surface area contributed by atoms with Gasteiger partial charge in [-0.3, -0.25) is 9.59 Å². The summed E-state index contributed by atoms with van der Waals surface area (Å²) in [4.78, 5) is 26.5. The Labute approximate surface area is 161 Å². The van der Waals surface area contributed by atoms with Crippen LogP contribution in [0.5, 0.6) is 0 Å². The monoisotopic (exact) mass is 388 g/mol. The molecule has 2 aromatic rings. The standard InChI is InChI=1S/C20H18ClFN2O3/c21-16-7-6-14(22)10-15(16)19(26)24-9-8-20(13-4-2-1-3-5-13)17(11-24)27-12-18(25)23-20/h1-7,10,17H,8-9,11-12H2,(H,23,25)/t17-,20+/m1/s1. The minimum atomic E-state index is -0.681. The van der Waals surface area contributed by atoms with Gasteiger partial charge in [-0.1, -0.05) is 41.9 Å². The maximum atomic E-state index is 13.6. The van der Waals surface area contributed by atoms with Crippen molar-refractivity contribution in [3.63, 3.8) is 0 Å². The van der Waals surface area contributed by atoms with Gasteiger partial charge >= 0.3 is 0 Å². The normalized spacial score (nSPS) is 24.9. The highest BCUT2D eigenvalue weighted by atomic mass is 35.5. The molecule has 2 fully saturated rings. The topological polar surface area (TPSA) is 58.6 Å². The highest BCUT2D eigenvalue weighted by Gasteiger charge is 2.49. The molecular formula is C20H18ClFN2O3.